The zero-order valence-electron chi connectivity index (χ0n) is 9.59. The van der Waals surface area contributed by atoms with Crippen LogP contribution in [0.15, 0.2) is 22.7 Å². The molecule has 1 aromatic rings. The number of β-amino-alcohol motifs (C(OH)–C–C–N with tert-alkyl or cyclic N) is 1. The molecule has 0 saturated carbocycles. The van der Waals surface area contributed by atoms with E-state index >= 15 is 0 Å². The maximum atomic E-state index is 12.0. The van der Waals surface area contributed by atoms with Crippen molar-refractivity contribution in [1.29, 1.82) is 0 Å². The third-order valence-corrected chi connectivity index (χ3v) is 3.41. The Hall–Kier alpha value is -1.47. The Labute approximate surface area is 111 Å². The summed E-state index contributed by atoms with van der Waals surface area (Å²) >= 11 is 3.06. The van der Waals surface area contributed by atoms with Gasteiger partial charge in [0.25, 0.3) is 11.6 Å². The van der Waals surface area contributed by atoms with Gasteiger partial charge in [0.15, 0.2) is 0 Å². The smallest absolute Gasteiger partial charge is 0.284 e. The Morgan fingerprint density at radius 1 is 1.56 bits per heavy atom. The third kappa shape index (κ3) is 2.37. The van der Waals surface area contributed by atoms with E-state index in [2.05, 4.69) is 15.9 Å². The van der Waals surface area contributed by atoms with Crippen molar-refractivity contribution >= 4 is 27.5 Å². The Balaban J connectivity index is 2.22. The highest BCUT2D eigenvalue weighted by atomic mass is 79.9. The lowest BCUT2D eigenvalue weighted by Crippen LogP contribution is -2.61. The summed E-state index contributed by atoms with van der Waals surface area (Å²) in [5, 5.41) is 20.3. The van der Waals surface area contributed by atoms with Gasteiger partial charge in [-0.3, -0.25) is 14.9 Å². The van der Waals surface area contributed by atoms with Crippen LogP contribution in [0.25, 0.3) is 0 Å². The van der Waals surface area contributed by atoms with E-state index in [9.17, 15) is 20.0 Å². The summed E-state index contributed by atoms with van der Waals surface area (Å²) in [6, 6.07) is 4.23. The molecule has 0 unspecified atom stereocenters. The average Bonchev–Trinajstić information content (AvgIpc) is 2.25. The van der Waals surface area contributed by atoms with Crippen LogP contribution in [-0.4, -0.2) is 39.5 Å². The van der Waals surface area contributed by atoms with Gasteiger partial charge in [0.2, 0.25) is 0 Å². The molecule has 0 bridgehead atoms. The Bertz CT molecular complexity index is 522. The summed E-state index contributed by atoms with van der Waals surface area (Å²) in [4.78, 5) is 23.6. The summed E-state index contributed by atoms with van der Waals surface area (Å²) in [5.74, 6) is -0.308. The fourth-order valence-corrected chi connectivity index (χ4v) is 2.28. The number of benzene rings is 1. The summed E-state index contributed by atoms with van der Waals surface area (Å²) in [7, 11) is 0. The van der Waals surface area contributed by atoms with E-state index in [1.807, 2.05) is 0 Å². The first kappa shape index (κ1) is 13.0. The van der Waals surface area contributed by atoms with E-state index < -0.39 is 10.5 Å². The molecule has 1 N–H and O–H groups in total. The van der Waals surface area contributed by atoms with Crippen LogP contribution in [0.1, 0.15) is 17.3 Å². The summed E-state index contributed by atoms with van der Waals surface area (Å²) in [6.07, 6.45) is 0. The number of hydrogen-bond donors (Lipinski definition) is 1. The highest BCUT2D eigenvalue weighted by Gasteiger charge is 2.39. The van der Waals surface area contributed by atoms with Crippen LogP contribution >= 0.6 is 15.9 Å². The van der Waals surface area contributed by atoms with Crippen molar-refractivity contribution in [3.8, 4) is 0 Å². The molecule has 96 valence electrons. The minimum absolute atomic E-state index is 0.145. The van der Waals surface area contributed by atoms with Gasteiger partial charge in [0.05, 0.1) is 28.1 Å². The van der Waals surface area contributed by atoms with Gasteiger partial charge in [0.1, 0.15) is 0 Å². The molecule has 2 rings (SSSR count). The Morgan fingerprint density at radius 2 is 2.17 bits per heavy atom. The van der Waals surface area contributed by atoms with Crippen LogP contribution < -0.4 is 0 Å². The number of halogens is 1. The molecular formula is C11H11BrN2O4. The number of nitro groups is 1. The van der Waals surface area contributed by atoms with Gasteiger partial charge in [-0.05, 0) is 35.0 Å². The van der Waals surface area contributed by atoms with Crippen LogP contribution in [0, 0.1) is 10.1 Å². The van der Waals surface area contributed by atoms with Crippen molar-refractivity contribution in [2.24, 2.45) is 0 Å². The standard InChI is InChI=1S/C11H11BrN2O4/c1-11(16)5-13(6-11)10(15)7-2-3-8(12)9(4-7)14(17)18/h2-4,16H,5-6H2,1H3. The molecule has 6 nitrogen and oxygen atoms in total. The molecule has 0 aromatic heterocycles. The van der Waals surface area contributed by atoms with Gasteiger partial charge in [-0.15, -0.1) is 0 Å². The SMILES string of the molecule is CC1(O)CN(C(=O)c2ccc(Br)c([N+](=O)[O-])c2)C1. The maximum Gasteiger partial charge on any atom is 0.284 e. The van der Waals surface area contributed by atoms with Crippen LogP contribution in [0.3, 0.4) is 0 Å². The van der Waals surface area contributed by atoms with Crippen molar-refractivity contribution in [1.82, 2.24) is 4.90 Å². The molecule has 0 aliphatic carbocycles. The monoisotopic (exact) mass is 314 g/mol. The number of rotatable bonds is 2. The second-order valence-corrected chi connectivity index (χ2v) is 5.44. The third-order valence-electron chi connectivity index (χ3n) is 2.74. The molecule has 1 heterocycles. The Kier molecular flexibility index (Phi) is 3.12. The average molecular weight is 315 g/mol. The number of hydrogen-bond acceptors (Lipinski definition) is 4. The van der Waals surface area contributed by atoms with Crippen molar-refractivity contribution in [2.75, 3.05) is 13.1 Å². The lowest BCUT2D eigenvalue weighted by atomic mass is 9.96. The van der Waals surface area contributed by atoms with Crippen LogP contribution in [0.2, 0.25) is 0 Å². The molecule has 0 spiro atoms. The number of nitro benzene ring substituents is 1. The lowest BCUT2D eigenvalue weighted by molar-refractivity contribution is -0.385. The number of aliphatic hydroxyl groups is 1. The van der Waals surface area contributed by atoms with Crippen molar-refractivity contribution in [3.63, 3.8) is 0 Å². The first-order valence-corrected chi connectivity index (χ1v) is 6.05. The van der Waals surface area contributed by atoms with Crippen LogP contribution in [0.5, 0.6) is 0 Å². The number of amides is 1. The molecule has 0 atom stereocenters. The van der Waals surface area contributed by atoms with Crippen LogP contribution in [0.4, 0.5) is 5.69 Å². The molecule has 1 aliphatic heterocycles. The van der Waals surface area contributed by atoms with Gasteiger partial charge in [-0.25, -0.2) is 0 Å². The molecule has 7 heteroatoms. The predicted octanol–water partition coefficient (Wildman–Crippen LogP) is 1.56. The normalized spacial score (nSPS) is 17.2. The van der Waals surface area contributed by atoms with E-state index in [0.717, 1.165) is 0 Å². The molecule has 1 aliphatic rings. The quantitative estimate of drug-likeness (QED) is 0.663. The van der Waals surface area contributed by atoms with Gasteiger partial charge in [-0.1, -0.05) is 0 Å². The second-order valence-electron chi connectivity index (χ2n) is 4.58. The summed E-state index contributed by atoms with van der Waals surface area (Å²) in [6.45, 7) is 2.13. The highest BCUT2D eigenvalue weighted by Crippen LogP contribution is 2.28. The summed E-state index contributed by atoms with van der Waals surface area (Å²) in [5.41, 5.74) is -0.745. The molecule has 1 aromatic carbocycles. The van der Waals surface area contributed by atoms with Crippen LogP contribution in [-0.2, 0) is 0 Å². The largest absolute Gasteiger partial charge is 0.386 e. The van der Waals surface area contributed by atoms with Gasteiger partial charge in [-0.2, -0.15) is 0 Å². The fourth-order valence-electron chi connectivity index (χ4n) is 1.89. The van der Waals surface area contributed by atoms with E-state index in [-0.39, 0.29) is 30.2 Å². The topological polar surface area (TPSA) is 83.7 Å². The minimum atomic E-state index is -0.850. The van der Waals surface area contributed by atoms with Crippen molar-refractivity contribution < 1.29 is 14.8 Å². The molecule has 1 saturated heterocycles. The van der Waals surface area contributed by atoms with E-state index in [4.69, 9.17) is 0 Å². The first-order valence-electron chi connectivity index (χ1n) is 5.26. The van der Waals surface area contributed by atoms with E-state index in [1.165, 1.54) is 23.1 Å². The van der Waals surface area contributed by atoms with Gasteiger partial charge >= 0.3 is 0 Å². The van der Waals surface area contributed by atoms with E-state index in [0.29, 0.717) is 4.47 Å². The molecule has 1 amide bonds. The first-order chi connectivity index (χ1) is 8.30. The highest BCUT2D eigenvalue weighted by molar-refractivity contribution is 9.10. The zero-order valence-corrected chi connectivity index (χ0v) is 11.2. The number of nitrogens with zero attached hydrogens (tertiary/aromatic N) is 2. The number of carbonyl (C=O) groups excluding carboxylic acids is 1. The maximum absolute atomic E-state index is 12.0. The second kappa shape index (κ2) is 4.33. The molecule has 0 radical (unpaired) electrons. The lowest BCUT2D eigenvalue weighted by Gasteiger charge is -2.44. The summed E-state index contributed by atoms with van der Waals surface area (Å²) < 4.78 is 0.333. The van der Waals surface area contributed by atoms with Gasteiger partial charge < -0.3 is 10.0 Å². The predicted molar refractivity (Wildman–Crippen MR) is 67.3 cm³/mol. The molecular weight excluding hydrogens is 304 g/mol. The van der Waals surface area contributed by atoms with Crippen molar-refractivity contribution in [3.05, 3.63) is 38.3 Å². The molecule has 18 heavy (non-hydrogen) atoms. The fraction of sp³-hybridized carbons (Fsp3) is 0.364. The molecule has 1 fully saturated rings. The Morgan fingerprint density at radius 3 is 2.67 bits per heavy atom. The van der Waals surface area contributed by atoms with Crippen molar-refractivity contribution in [2.45, 2.75) is 12.5 Å². The van der Waals surface area contributed by atoms with Gasteiger partial charge in [0, 0.05) is 11.6 Å². The minimum Gasteiger partial charge on any atom is -0.386 e. The van der Waals surface area contributed by atoms with E-state index in [1.54, 1.807) is 6.92 Å². The number of carbonyl (C=O) groups is 1. The zero-order chi connectivity index (χ0) is 13.5. The number of likely N-dealkylation sites (tertiary alicyclic amines) is 1.